The van der Waals surface area contributed by atoms with E-state index in [-0.39, 0.29) is 11.8 Å². The molecule has 0 radical (unpaired) electrons. The van der Waals surface area contributed by atoms with Crippen molar-refractivity contribution in [3.63, 3.8) is 0 Å². The Kier molecular flexibility index (Phi) is 9.06. The Labute approximate surface area is 259 Å². The van der Waals surface area contributed by atoms with E-state index < -0.39 is 0 Å². The van der Waals surface area contributed by atoms with E-state index in [0.717, 1.165) is 54.7 Å². The molecule has 1 unspecified atom stereocenters. The van der Waals surface area contributed by atoms with Crippen LogP contribution in [-0.4, -0.2) is 20.8 Å². The number of carbonyl (C=O) groups is 1. The normalized spacial score (nSPS) is 16.5. The number of hydrogen-bond donors (Lipinski definition) is 1. The second-order valence-electron chi connectivity index (χ2n) is 12.2. The third-order valence-electron chi connectivity index (χ3n) is 9.40. The van der Waals surface area contributed by atoms with E-state index in [4.69, 9.17) is 28.8 Å². The zero-order chi connectivity index (χ0) is 29.1. The standard InChI is InChI=1S/C36H40ClN3OS/c1-24-20-29(23-42)39-35-33(24)30-13-7-9-15-32(30)40(35)22-25-16-18-27(19-17-25)34(26-10-4-2-3-5-11-26)36(41)38-21-28-12-6-8-14-31(28)37/h6,8,12,14,16-20,23,26,34H,2-5,7,9-11,13,15,21-22H2,1H3,(H,38,41). The smallest absolute Gasteiger partial charge is 0.228 e. The van der Waals surface area contributed by atoms with Crippen molar-refractivity contribution in [2.45, 2.75) is 90.1 Å². The molecule has 2 aliphatic rings. The molecule has 218 valence electrons. The van der Waals surface area contributed by atoms with Gasteiger partial charge in [0, 0.05) is 34.6 Å². The van der Waals surface area contributed by atoms with E-state index >= 15 is 0 Å². The number of benzene rings is 2. The molecule has 1 saturated carbocycles. The minimum atomic E-state index is -0.158. The van der Waals surface area contributed by atoms with E-state index in [2.05, 4.69) is 47.1 Å². The number of aromatic nitrogens is 2. The van der Waals surface area contributed by atoms with Crippen LogP contribution < -0.4 is 5.32 Å². The van der Waals surface area contributed by atoms with Crippen LogP contribution in [0.15, 0.2) is 54.6 Å². The second-order valence-corrected chi connectivity index (χ2v) is 12.8. The highest BCUT2D eigenvalue weighted by atomic mass is 35.5. The van der Waals surface area contributed by atoms with Crippen LogP contribution in [-0.2, 0) is 30.7 Å². The van der Waals surface area contributed by atoms with Crippen molar-refractivity contribution in [3.05, 3.63) is 98.8 Å². The van der Waals surface area contributed by atoms with Crippen LogP contribution >= 0.6 is 23.8 Å². The van der Waals surface area contributed by atoms with E-state index in [1.165, 1.54) is 66.3 Å². The lowest BCUT2D eigenvalue weighted by molar-refractivity contribution is -0.124. The summed E-state index contributed by atoms with van der Waals surface area (Å²) in [5.74, 6) is 0.298. The molecular formula is C36H40ClN3OS. The summed E-state index contributed by atoms with van der Waals surface area (Å²) in [4.78, 5) is 18.8. The number of carbonyl (C=O) groups excluding carboxylic acids is 1. The Morgan fingerprint density at radius 3 is 2.52 bits per heavy atom. The maximum absolute atomic E-state index is 13.8. The first-order valence-corrected chi connectivity index (χ1v) is 16.4. The van der Waals surface area contributed by atoms with Crippen molar-refractivity contribution in [2.75, 3.05) is 0 Å². The van der Waals surface area contributed by atoms with Crippen LogP contribution in [0.3, 0.4) is 0 Å². The van der Waals surface area contributed by atoms with E-state index in [1.807, 2.05) is 24.3 Å². The monoisotopic (exact) mass is 597 g/mol. The molecule has 1 amide bonds. The summed E-state index contributed by atoms with van der Waals surface area (Å²) in [6.07, 6.45) is 11.8. The first-order chi connectivity index (χ1) is 20.5. The maximum atomic E-state index is 13.8. The Hall–Kier alpha value is -3.02. The fourth-order valence-corrected chi connectivity index (χ4v) is 7.62. The lowest BCUT2D eigenvalue weighted by Gasteiger charge is -2.26. The zero-order valence-corrected chi connectivity index (χ0v) is 26.1. The van der Waals surface area contributed by atoms with Crippen molar-refractivity contribution in [2.24, 2.45) is 5.92 Å². The Morgan fingerprint density at radius 1 is 1.05 bits per heavy atom. The molecule has 2 aliphatic carbocycles. The molecule has 42 heavy (non-hydrogen) atoms. The van der Waals surface area contributed by atoms with E-state index in [0.29, 0.717) is 17.5 Å². The summed E-state index contributed by atoms with van der Waals surface area (Å²) in [6, 6.07) is 18.7. The van der Waals surface area contributed by atoms with Crippen LogP contribution in [0.2, 0.25) is 5.02 Å². The summed E-state index contributed by atoms with van der Waals surface area (Å²) >= 11 is 11.7. The molecule has 0 bridgehead atoms. The molecule has 2 aromatic heterocycles. The summed E-state index contributed by atoms with van der Waals surface area (Å²) < 4.78 is 2.42. The van der Waals surface area contributed by atoms with E-state index in [1.54, 1.807) is 5.37 Å². The Balaban J connectivity index is 1.29. The molecule has 4 nitrogen and oxygen atoms in total. The average Bonchev–Trinajstić information content (AvgIpc) is 3.13. The van der Waals surface area contributed by atoms with Crippen molar-refractivity contribution in [3.8, 4) is 0 Å². The van der Waals surface area contributed by atoms with Gasteiger partial charge in [-0.05, 0) is 91.3 Å². The number of hydrogen-bond acceptors (Lipinski definition) is 3. The number of pyridine rings is 1. The number of thiocarbonyl (C=S) groups is 1. The van der Waals surface area contributed by atoms with Gasteiger partial charge in [-0.25, -0.2) is 4.98 Å². The van der Waals surface area contributed by atoms with Gasteiger partial charge in [-0.3, -0.25) is 4.79 Å². The van der Waals surface area contributed by atoms with Crippen molar-refractivity contribution >= 4 is 46.1 Å². The first-order valence-electron chi connectivity index (χ1n) is 15.6. The number of aryl methyl sites for hydroxylation is 2. The molecular weight excluding hydrogens is 558 g/mol. The van der Waals surface area contributed by atoms with Crippen LogP contribution in [0.5, 0.6) is 0 Å². The highest BCUT2D eigenvalue weighted by Crippen LogP contribution is 2.37. The van der Waals surface area contributed by atoms with Crippen molar-refractivity contribution < 1.29 is 4.79 Å². The number of rotatable bonds is 8. The molecule has 0 saturated heterocycles. The van der Waals surface area contributed by atoms with Gasteiger partial charge in [-0.1, -0.05) is 92.0 Å². The highest BCUT2D eigenvalue weighted by molar-refractivity contribution is 7.79. The fourth-order valence-electron chi connectivity index (χ4n) is 7.29. The molecule has 1 atom stereocenters. The second kappa shape index (κ2) is 13.1. The van der Waals surface area contributed by atoms with Gasteiger partial charge >= 0.3 is 0 Å². The van der Waals surface area contributed by atoms with Gasteiger partial charge in [-0.15, -0.1) is 0 Å². The lowest BCUT2D eigenvalue weighted by atomic mass is 9.80. The predicted molar refractivity (Wildman–Crippen MR) is 177 cm³/mol. The molecule has 2 aromatic carbocycles. The zero-order valence-electron chi connectivity index (χ0n) is 24.5. The Morgan fingerprint density at radius 2 is 1.79 bits per heavy atom. The third kappa shape index (κ3) is 6.05. The van der Waals surface area contributed by atoms with Crippen molar-refractivity contribution in [1.82, 2.24) is 14.9 Å². The summed E-state index contributed by atoms with van der Waals surface area (Å²) in [7, 11) is 0. The molecule has 1 fully saturated rings. The van der Waals surface area contributed by atoms with Gasteiger partial charge in [0.2, 0.25) is 5.91 Å². The predicted octanol–water partition coefficient (Wildman–Crippen LogP) is 8.64. The molecule has 6 heteroatoms. The Bertz CT molecular complexity index is 1580. The average molecular weight is 598 g/mol. The molecule has 6 rings (SSSR count). The van der Waals surface area contributed by atoms with Crippen LogP contribution in [0.1, 0.15) is 96.5 Å². The topological polar surface area (TPSA) is 46.9 Å². The summed E-state index contributed by atoms with van der Waals surface area (Å²) in [5.41, 5.74) is 9.35. The maximum Gasteiger partial charge on any atom is 0.228 e. The van der Waals surface area contributed by atoms with Gasteiger partial charge in [-0.2, -0.15) is 0 Å². The first kappa shape index (κ1) is 29.1. The largest absolute Gasteiger partial charge is 0.351 e. The minimum absolute atomic E-state index is 0.104. The number of amides is 1. The summed E-state index contributed by atoms with van der Waals surface area (Å²) in [6.45, 7) is 3.40. The van der Waals surface area contributed by atoms with Crippen molar-refractivity contribution in [1.29, 1.82) is 0 Å². The third-order valence-corrected chi connectivity index (χ3v) is 10.0. The van der Waals surface area contributed by atoms with Gasteiger partial charge in [0.05, 0.1) is 11.6 Å². The fraction of sp³-hybridized carbons (Fsp3) is 0.417. The molecule has 1 N–H and O–H groups in total. The minimum Gasteiger partial charge on any atom is -0.351 e. The molecule has 0 aliphatic heterocycles. The van der Waals surface area contributed by atoms with Gasteiger partial charge in [0.1, 0.15) is 5.65 Å². The number of nitrogens with one attached hydrogen (secondary N) is 1. The van der Waals surface area contributed by atoms with E-state index in [9.17, 15) is 4.79 Å². The van der Waals surface area contributed by atoms with Crippen LogP contribution in [0.25, 0.3) is 11.0 Å². The molecule has 0 spiro atoms. The molecule has 4 aromatic rings. The SMILES string of the molecule is Cc1cc(C=S)nc2c1c1c(n2Cc2ccc(C(C(=O)NCc3ccccc3Cl)C3CCCCCC3)cc2)CCCC1. The van der Waals surface area contributed by atoms with Crippen LogP contribution in [0.4, 0.5) is 0 Å². The number of halogens is 1. The number of fused-ring (bicyclic) bond motifs is 3. The molecule has 2 heterocycles. The highest BCUT2D eigenvalue weighted by Gasteiger charge is 2.30. The lowest BCUT2D eigenvalue weighted by Crippen LogP contribution is -2.33. The van der Waals surface area contributed by atoms with Gasteiger partial charge < -0.3 is 9.88 Å². The van der Waals surface area contributed by atoms with Gasteiger partial charge in [0.25, 0.3) is 0 Å². The quantitative estimate of drug-likeness (QED) is 0.163. The summed E-state index contributed by atoms with van der Waals surface area (Å²) in [5, 5.41) is 6.91. The van der Waals surface area contributed by atoms with Gasteiger partial charge in [0.15, 0.2) is 0 Å². The number of nitrogens with zero attached hydrogens (tertiary/aromatic N) is 2. The van der Waals surface area contributed by atoms with Crippen LogP contribution in [0, 0.1) is 12.8 Å².